The third-order valence-electron chi connectivity index (χ3n) is 4.01. The molecule has 1 aliphatic rings. The van der Waals surface area contributed by atoms with E-state index in [1.165, 1.54) is 0 Å². The predicted octanol–water partition coefficient (Wildman–Crippen LogP) is 0.0901. The van der Waals surface area contributed by atoms with E-state index >= 15 is 0 Å². The van der Waals surface area contributed by atoms with Crippen molar-refractivity contribution in [2.45, 2.75) is 13.5 Å². The summed E-state index contributed by atoms with van der Waals surface area (Å²) in [6.45, 7) is 5.28. The molecule has 2 aromatic heterocycles. The summed E-state index contributed by atoms with van der Waals surface area (Å²) in [4.78, 5) is 41.1. The highest BCUT2D eigenvalue weighted by atomic mass is 32.1. The van der Waals surface area contributed by atoms with E-state index in [4.69, 9.17) is 9.84 Å². The lowest BCUT2D eigenvalue weighted by molar-refractivity contribution is 0.0361. The van der Waals surface area contributed by atoms with Gasteiger partial charge in [-0.15, -0.1) is 11.3 Å². The molecule has 2 N–H and O–H groups in total. The summed E-state index contributed by atoms with van der Waals surface area (Å²) in [7, 11) is 0. The normalized spacial score (nSPS) is 16.0. The highest BCUT2D eigenvalue weighted by Gasteiger charge is 2.20. The Morgan fingerprint density at radius 2 is 2.00 bits per heavy atom. The van der Waals surface area contributed by atoms with Crippen LogP contribution < -0.4 is 11.2 Å². The Balaban J connectivity index is 1.97. The van der Waals surface area contributed by atoms with Gasteiger partial charge in [-0.2, -0.15) is 0 Å². The first-order valence-electron chi connectivity index (χ1n) is 7.28. The molecule has 0 amide bonds. The van der Waals surface area contributed by atoms with Crippen molar-refractivity contribution in [2.75, 3.05) is 32.8 Å². The van der Waals surface area contributed by atoms with E-state index in [0.717, 1.165) is 29.0 Å². The van der Waals surface area contributed by atoms with E-state index in [-0.39, 0.29) is 16.8 Å². The Hall–Kier alpha value is -1.97. The number of aromatic nitrogens is 2. The lowest BCUT2D eigenvalue weighted by atomic mass is 10.2. The molecule has 1 aliphatic heterocycles. The summed E-state index contributed by atoms with van der Waals surface area (Å²) >= 11 is 0.920. The van der Waals surface area contributed by atoms with Gasteiger partial charge in [0.15, 0.2) is 0 Å². The molecule has 1 saturated heterocycles. The summed E-state index contributed by atoms with van der Waals surface area (Å²) < 4.78 is 6.41. The van der Waals surface area contributed by atoms with Gasteiger partial charge < -0.3 is 9.84 Å². The Morgan fingerprint density at radius 3 is 2.65 bits per heavy atom. The molecule has 0 radical (unpaired) electrons. The number of aromatic amines is 1. The largest absolute Gasteiger partial charge is 0.477 e. The highest BCUT2D eigenvalue weighted by molar-refractivity contribution is 7.20. The molecule has 0 aliphatic carbocycles. The molecule has 8 nitrogen and oxygen atoms in total. The molecule has 0 saturated carbocycles. The molecule has 2 aromatic rings. The number of rotatable bonds is 4. The molecule has 0 spiro atoms. The second-order valence-electron chi connectivity index (χ2n) is 5.41. The molecule has 3 rings (SSSR count). The van der Waals surface area contributed by atoms with Crippen LogP contribution >= 0.6 is 11.3 Å². The number of H-pyrrole nitrogens is 1. The number of aryl methyl sites for hydroxylation is 1. The number of hydrogen-bond donors (Lipinski definition) is 2. The summed E-state index contributed by atoms with van der Waals surface area (Å²) in [5, 5.41) is 9.45. The first-order valence-corrected chi connectivity index (χ1v) is 8.10. The molecular formula is C14H17N3O5S. The smallest absolute Gasteiger partial charge is 0.346 e. The molecule has 0 bridgehead atoms. The van der Waals surface area contributed by atoms with Gasteiger partial charge >= 0.3 is 11.7 Å². The van der Waals surface area contributed by atoms with Gasteiger partial charge in [0, 0.05) is 26.2 Å². The Labute approximate surface area is 134 Å². The molecule has 9 heteroatoms. The maximum Gasteiger partial charge on any atom is 0.346 e. The number of hydrogen-bond acceptors (Lipinski definition) is 6. The van der Waals surface area contributed by atoms with Gasteiger partial charge in [-0.05, 0) is 12.5 Å². The minimum atomic E-state index is -1.09. The number of nitrogens with zero attached hydrogens (tertiary/aromatic N) is 2. The van der Waals surface area contributed by atoms with Crippen molar-refractivity contribution in [1.29, 1.82) is 0 Å². The number of ether oxygens (including phenoxy) is 1. The van der Waals surface area contributed by atoms with Crippen molar-refractivity contribution in [3.63, 3.8) is 0 Å². The number of thiophene rings is 1. The van der Waals surface area contributed by atoms with E-state index in [9.17, 15) is 14.4 Å². The zero-order chi connectivity index (χ0) is 16.6. The Bertz CT molecular complexity index is 860. The standard InChI is InChI=1S/C14H17N3O5S/c1-8-9-11(23-10(8)13(19)20)15-14(21)17(12(9)18)3-2-16-4-6-22-7-5-16/h2-7H2,1H3,(H,15,21)(H,19,20). The van der Waals surface area contributed by atoms with Crippen LogP contribution in [0.5, 0.6) is 0 Å². The summed E-state index contributed by atoms with van der Waals surface area (Å²) in [6.07, 6.45) is 0. The minimum Gasteiger partial charge on any atom is -0.477 e. The van der Waals surface area contributed by atoms with Crippen LogP contribution in [-0.2, 0) is 11.3 Å². The average molecular weight is 339 g/mol. The fourth-order valence-electron chi connectivity index (χ4n) is 2.72. The number of fused-ring (bicyclic) bond motifs is 1. The molecule has 1 fully saturated rings. The SMILES string of the molecule is Cc1c(C(=O)O)sc2[nH]c(=O)n(CCN3CCOCC3)c(=O)c12. The molecule has 124 valence electrons. The maximum absolute atomic E-state index is 12.6. The summed E-state index contributed by atoms with van der Waals surface area (Å²) in [6, 6.07) is 0. The van der Waals surface area contributed by atoms with Crippen LogP contribution in [0.2, 0.25) is 0 Å². The van der Waals surface area contributed by atoms with Crippen molar-refractivity contribution in [2.24, 2.45) is 0 Å². The molecule has 23 heavy (non-hydrogen) atoms. The molecular weight excluding hydrogens is 322 g/mol. The lowest BCUT2D eigenvalue weighted by Gasteiger charge is -2.26. The summed E-state index contributed by atoms with van der Waals surface area (Å²) in [5.41, 5.74) is -0.536. The van der Waals surface area contributed by atoms with Gasteiger partial charge in [-0.3, -0.25) is 19.2 Å². The van der Waals surface area contributed by atoms with Crippen molar-refractivity contribution >= 4 is 27.5 Å². The molecule has 0 atom stereocenters. The van der Waals surface area contributed by atoms with Crippen LogP contribution in [0, 0.1) is 6.92 Å². The zero-order valence-corrected chi connectivity index (χ0v) is 13.4. The highest BCUT2D eigenvalue weighted by Crippen LogP contribution is 2.25. The van der Waals surface area contributed by atoms with Crippen molar-refractivity contribution in [3.8, 4) is 0 Å². The van der Waals surface area contributed by atoms with Crippen molar-refractivity contribution in [3.05, 3.63) is 31.3 Å². The Morgan fingerprint density at radius 1 is 1.30 bits per heavy atom. The molecule has 3 heterocycles. The van der Waals surface area contributed by atoms with Crippen LogP contribution in [0.4, 0.5) is 0 Å². The van der Waals surface area contributed by atoms with Crippen LogP contribution in [0.1, 0.15) is 15.2 Å². The quantitative estimate of drug-likeness (QED) is 0.818. The minimum absolute atomic E-state index is 0.0821. The van der Waals surface area contributed by atoms with E-state index in [1.807, 2.05) is 0 Å². The van der Waals surface area contributed by atoms with Crippen LogP contribution in [-0.4, -0.2) is 58.4 Å². The number of carboxylic acid groups (broad SMARTS) is 1. The van der Waals surface area contributed by atoms with Gasteiger partial charge in [0.2, 0.25) is 0 Å². The van der Waals surface area contributed by atoms with Gasteiger partial charge in [-0.1, -0.05) is 0 Å². The van der Waals surface area contributed by atoms with Crippen LogP contribution in [0.3, 0.4) is 0 Å². The zero-order valence-electron chi connectivity index (χ0n) is 12.6. The number of aromatic carboxylic acids is 1. The van der Waals surface area contributed by atoms with Crippen LogP contribution in [0.15, 0.2) is 9.59 Å². The fourth-order valence-corrected chi connectivity index (χ4v) is 3.75. The van der Waals surface area contributed by atoms with E-state index in [1.54, 1.807) is 6.92 Å². The van der Waals surface area contributed by atoms with E-state index < -0.39 is 17.2 Å². The number of morpholine rings is 1. The second-order valence-corrected chi connectivity index (χ2v) is 6.43. The first kappa shape index (κ1) is 15.9. The third kappa shape index (κ3) is 2.94. The second kappa shape index (κ2) is 6.26. The van der Waals surface area contributed by atoms with Crippen molar-refractivity contribution < 1.29 is 14.6 Å². The van der Waals surface area contributed by atoms with Crippen molar-refractivity contribution in [1.82, 2.24) is 14.5 Å². The van der Waals surface area contributed by atoms with Gasteiger partial charge in [0.1, 0.15) is 9.71 Å². The molecule has 0 unspecified atom stereocenters. The van der Waals surface area contributed by atoms with E-state index in [2.05, 4.69) is 9.88 Å². The van der Waals surface area contributed by atoms with E-state index in [0.29, 0.717) is 30.2 Å². The van der Waals surface area contributed by atoms with Crippen LogP contribution in [0.25, 0.3) is 10.2 Å². The predicted molar refractivity (Wildman–Crippen MR) is 85.7 cm³/mol. The summed E-state index contributed by atoms with van der Waals surface area (Å²) in [5.74, 6) is -1.09. The number of carbonyl (C=O) groups is 1. The fraction of sp³-hybridized carbons (Fsp3) is 0.500. The van der Waals surface area contributed by atoms with Gasteiger partial charge in [-0.25, -0.2) is 9.59 Å². The topological polar surface area (TPSA) is 105 Å². The monoisotopic (exact) mass is 339 g/mol. The average Bonchev–Trinajstić information content (AvgIpc) is 2.85. The van der Waals surface area contributed by atoms with Gasteiger partial charge in [0.25, 0.3) is 5.56 Å². The third-order valence-corrected chi connectivity index (χ3v) is 5.20. The molecule has 0 aromatic carbocycles. The first-order chi connectivity index (χ1) is 11.0. The van der Waals surface area contributed by atoms with Gasteiger partial charge in [0.05, 0.1) is 18.6 Å². The number of carboxylic acids is 1. The number of nitrogens with one attached hydrogen (secondary N) is 1. The Kier molecular flexibility index (Phi) is 4.33. The maximum atomic E-state index is 12.6. The lowest BCUT2D eigenvalue weighted by Crippen LogP contribution is -2.42.